The molecule has 58 heavy (non-hydrogen) atoms. The van der Waals surface area contributed by atoms with Gasteiger partial charge in [0.1, 0.15) is 23.3 Å². The van der Waals surface area contributed by atoms with Gasteiger partial charge in [0, 0.05) is 28.5 Å². The van der Waals surface area contributed by atoms with Crippen molar-refractivity contribution < 1.29 is 33.8 Å². The van der Waals surface area contributed by atoms with E-state index >= 15 is 4.79 Å². The van der Waals surface area contributed by atoms with E-state index in [1.165, 1.54) is 0 Å². The molecule has 10 nitrogen and oxygen atoms in total. The van der Waals surface area contributed by atoms with Gasteiger partial charge in [0.2, 0.25) is 11.7 Å². The minimum atomic E-state index is -0.772. The summed E-state index contributed by atoms with van der Waals surface area (Å²) in [6.45, 7) is 24.6. The van der Waals surface area contributed by atoms with Crippen LogP contribution < -0.4 is 5.32 Å². The molecule has 0 bridgehead atoms. The minimum Gasteiger partial charge on any atom is -0.506 e. The van der Waals surface area contributed by atoms with E-state index in [-0.39, 0.29) is 75.1 Å². The highest BCUT2D eigenvalue weighted by molar-refractivity contribution is 6.41. The van der Waals surface area contributed by atoms with Gasteiger partial charge in [-0.15, -0.1) is 0 Å². The van der Waals surface area contributed by atoms with Crippen molar-refractivity contribution >= 4 is 40.6 Å². The average Bonchev–Trinajstić information content (AvgIpc) is 3.87. The Morgan fingerprint density at radius 1 is 0.879 bits per heavy atom. The van der Waals surface area contributed by atoms with Crippen LogP contribution in [0, 0.1) is 53.8 Å². The van der Waals surface area contributed by atoms with Gasteiger partial charge in [-0.05, 0) is 80.2 Å². The van der Waals surface area contributed by atoms with Crippen molar-refractivity contribution in [3.05, 3.63) is 81.0 Å². The lowest BCUT2D eigenvalue weighted by atomic mass is 9.59. The highest BCUT2D eigenvalue weighted by Crippen LogP contribution is 2.51. The molecule has 0 saturated heterocycles. The number of aromatic nitrogens is 1. The Balaban J connectivity index is 1.55. The van der Waals surface area contributed by atoms with Crippen molar-refractivity contribution in [1.82, 2.24) is 10.3 Å². The highest BCUT2D eigenvalue weighted by Gasteiger charge is 2.50. The number of carbonyl (C=O) groups excluding carboxylic acids is 4. The number of hydrogen-bond acceptors (Lipinski definition) is 8. The zero-order valence-corrected chi connectivity index (χ0v) is 36.6. The van der Waals surface area contributed by atoms with E-state index in [1.54, 1.807) is 20.8 Å². The second-order valence-electron chi connectivity index (χ2n) is 19.7. The predicted molar refractivity (Wildman–Crippen MR) is 227 cm³/mol. The first-order valence-corrected chi connectivity index (χ1v) is 21.1. The number of nitrogens with zero attached hydrogens (tertiary/aromatic N) is 1. The summed E-state index contributed by atoms with van der Waals surface area (Å²) in [6.07, 6.45) is 5.31. The van der Waals surface area contributed by atoms with E-state index < -0.39 is 29.2 Å². The number of hydrogen-bond donors (Lipinski definition) is 3. The molecule has 6 rings (SSSR count). The lowest BCUT2D eigenvalue weighted by molar-refractivity contribution is -0.164. The fourth-order valence-corrected chi connectivity index (χ4v) is 9.83. The standard InChI is InChI=1S/C48H63N3O7/c1-13-57-43(54)32-26(3)37(49-27(32)4)35-39(52)36(40(35)53)38-33(28-19-15-14-16-20-28)34(42(50-38)51-45(56)48(11,12)29-21-17-18-22-29)44(55)58-41-30(46(5,6)7)23-25(2)24-31(41)47(8,9)10/h14-16,19-20,25,29-31,41,49,52H,13,17-18,21-24H2,1-12H3,(H,50,51,56). The smallest absolute Gasteiger partial charge is 0.342 e. The van der Waals surface area contributed by atoms with Crippen LogP contribution in [0.2, 0.25) is 0 Å². The Bertz CT molecular complexity index is 2100. The number of aryl methyl sites for hydroxylation is 1. The van der Waals surface area contributed by atoms with Crippen LogP contribution >= 0.6 is 0 Å². The quantitative estimate of drug-likeness (QED) is 0.178. The van der Waals surface area contributed by atoms with Crippen molar-refractivity contribution in [2.75, 3.05) is 6.61 Å². The number of aromatic amines is 1. The first kappa shape index (κ1) is 42.9. The maximum absolute atomic E-state index is 15.2. The first-order valence-electron chi connectivity index (χ1n) is 21.1. The number of ether oxygens (including phenoxy) is 2. The van der Waals surface area contributed by atoms with Crippen LogP contribution in [0.4, 0.5) is 0 Å². The molecule has 2 aromatic rings. The van der Waals surface area contributed by atoms with E-state index in [1.807, 2.05) is 44.2 Å². The Morgan fingerprint density at radius 2 is 1.47 bits per heavy atom. The lowest BCUT2D eigenvalue weighted by Gasteiger charge is -2.50. The van der Waals surface area contributed by atoms with Crippen LogP contribution in [0.1, 0.15) is 141 Å². The number of esters is 2. The van der Waals surface area contributed by atoms with E-state index in [0.29, 0.717) is 39.6 Å². The van der Waals surface area contributed by atoms with Crippen LogP contribution in [-0.2, 0) is 23.9 Å². The van der Waals surface area contributed by atoms with Gasteiger partial charge in [0.15, 0.2) is 0 Å². The Hall–Kier alpha value is -4.73. The summed E-state index contributed by atoms with van der Waals surface area (Å²) >= 11 is 0. The molecule has 312 valence electrons. The molecule has 2 atom stereocenters. The maximum atomic E-state index is 15.2. The molecular formula is C48H63N3O7. The molecule has 0 spiro atoms. The molecule has 0 radical (unpaired) electrons. The van der Waals surface area contributed by atoms with Crippen molar-refractivity contribution in [2.45, 2.75) is 128 Å². The number of carbonyl (C=O) groups is 4. The number of rotatable bonds is 8. The molecule has 2 heterocycles. The summed E-state index contributed by atoms with van der Waals surface area (Å²) in [4.78, 5) is 64.8. The molecule has 1 aromatic heterocycles. The Labute approximate surface area is 344 Å². The third-order valence-corrected chi connectivity index (χ3v) is 13.3. The van der Waals surface area contributed by atoms with Gasteiger partial charge in [0.05, 0.1) is 34.7 Å². The molecule has 2 fully saturated rings. The van der Waals surface area contributed by atoms with Crippen LogP contribution in [0.5, 0.6) is 0 Å². The van der Waals surface area contributed by atoms with Gasteiger partial charge in [-0.2, -0.15) is 0 Å². The molecule has 1 aromatic carbocycles. The second kappa shape index (κ2) is 15.8. The summed E-state index contributed by atoms with van der Waals surface area (Å²) in [7, 11) is 0. The normalized spacial score (nSPS) is 24.6. The van der Waals surface area contributed by atoms with Crippen LogP contribution in [0.15, 0.2) is 57.9 Å². The Morgan fingerprint density at radius 3 is 2.00 bits per heavy atom. The summed E-state index contributed by atoms with van der Waals surface area (Å²) in [5.74, 6) is -1.60. The molecule has 2 saturated carbocycles. The number of benzene rings is 1. The van der Waals surface area contributed by atoms with Crippen LogP contribution in [0.25, 0.3) is 11.1 Å². The zero-order valence-electron chi connectivity index (χ0n) is 36.6. The number of H-pyrrole nitrogens is 1. The second-order valence-corrected chi connectivity index (χ2v) is 19.7. The largest absolute Gasteiger partial charge is 0.506 e. The van der Waals surface area contributed by atoms with Gasteiger partial charge in [-0.25, -0.2) is 14.6 Å². The fourth-order valence-electron chi connectivity index (χ4n) is 9.83. The number of amidine groups is 1. The van der Waals surface area contributed by atoms with Crippen molar-refractivity contribution in [3.8, 4) is 0 Å². The van der Waals surface area contributed by atoms with Gasteiger partial charge in [0.25, 0.3) is 0 Å². The number of amides is 1. The minimum absolute atomic E-state index is 0.00241. The predicted octanol–water partition coefficient (Wildman–Crippen LogP) is 9.78. The fraction of sp³-hybridized carbons (Fsp3) is 0.562. The van der Waals surface area contributed by atoms with Crippen LogP contribution in [0.3, 0.4) is 0 Å². The average molecular weight is 794 g/mol. The summed E-state index contributed by atoms with van der Waals surface area (Å²) in [5.41, 5.74) is 1.36. The number of nitrogens with one attached hydrogen (secondary N) is 2. The lowest BCUT2D eigenvalue weighted by Crippen LogP contribution is -2.50. The zero-order chi connectivity index (χ0) is 42.6. The topological polar surface area (TPSA) is 147 Å². The molecule has 3 N–H and O–H groups in total. The third-order valence-electron chi connectivity index (χ3n) is 13.3. The number of allylic oxidation sites excluding steroid dienone is 3. The van der Waals surface area contributed by atoms with Crippen molar-refractivity contribution in [2.24, 2.45) is 44.9 Å². The number of aliphatic imine (C=N–C) groups is 1. The highest BCUT2D eigenvalue weighted by atomic mass is 16.5. The van der Waals surface area contributed by atoms with Gasteiger partial charge in [-0.3, -0.25) is 9.59 Å². The summed E-state index contributed by atoms with van der Waals surface area (Å²) in [6, 6.07) is 9.14. The van der Waals surface area contributed by atoms with Crippen molar-refractivity contribution in [3.63, 3.8) is 0 Å². The number of aliphatic hydroxyl groups excluding tert-OH is 1. The molecule has 4 aliphatic rings. The molecule has 1 aliphatic heterocycles. The van der Waals surface area contributed by atoms with Gasteiger partial charge in [-0.1, -0.05) is 105 Å². The molecular weight excluding hydrogens is 731 g/mol. The monoisotopic (exact) mass is 793 g/mol. The molecule has 1 amide bonds. The maximum Gasteiger partial charge on any atom is 0.342 e. The van der Waals surface area contributed by atoms with E-state index in [4.69, 9.17) is 14.5 Å². The summed E-state index contributed by atoms with van der Waals surface area (Å²) in [5, 5.41) is 14.9. The molecule has 2 unspecified atom stereocenters. The number of ketones is 1. The third kappa shape index (κ3) is 7.75. The SMILES string of the molecule is CCOC(=O)c1c(C)[nH]c(C2=C(O)C(=C3N=C(NC(=O)C(C)(C)C4CCCC4)C(C(=O)OC4C(C(C)(C)C)CC(C)CC4C(C)(C)C)=C3c3ccccc3)C2=O)c1C. The first-order chi connectivity index (χ1) is 27.1. The summed E-state index contributed by atoms with van der Waals surface area (Å²) < 4.78 is 12.1. The van der Waals surface area contributed by atoms with Crippen molar-refractivity contribution in [1.29, 1.82) is 0 Å². The number of aliphatic hydroxyl groups is 1. The van der Waals surface area contributed by atoms with E-state index in [2.05, 4.69) is 58.8 Å². The Kier molecular flexibility index (Phi) is 11.7. The van der Waals surface area contributed by atoms with E-state index in [0.717, 1.165) is 38.5 Å². The van der Waals surface area contributed by atoms with Gasteiger partial charge < -0.3 is 24.9 Å². The van der Waals surface area contributed by atoms with Crippen LogP contribution in [-0.4, -0.2) is 52.3 Å². The van der Waals surface area contributed by atoms with Gasteiger partial charge >= 0.3 is 11.9 Å². The molecule has 10 heteroatoms. The van der Waals surface area contributed by atoms with E-state index in [9.17, 15) is 19.5 Å². The number of Topliss-reactive ketones (excluding diaryl/α,β-unsaturated/α-hetero) is 1. The molecule has 3 aliphatic carbocycles.